The summed E-state index contributed by atoms with van der Waals surface area (Å²) in [5.41, 5.74) is 1.19. The van der Waals surface area contributed by atoms with Gasteiger partial charge in [0.25, 0.3) is 0 Å². The maximum Gasteiger partial charge on any atom is 0.121 e. The van der Waals surface area contributed by atoms with Crippen molar-refractivity contribution in [1.82, 2.24) is 4.90 Å². The Hall–Kier alpha value is -1.22. The molecule has 3 heteroatoms. The van der Waals surface area contributed by atoms with E-state index in [0.717, 1.165) is 18.4 Å². The molecule has 0 spiro atoms. The van der Waals surface area contributed by atoms with Crippen molar-refractivity contribution in [2.45, 2.75) is 38.3 Å². The van der Waals surface area contributed by atoms with Gasteiger partial charge in [-0.25, -0.2) is 0 Å². The van der Waals surface area contributed by atoms with Crippen LogP contribution in [0.5, 0.6) is 5.75 Å². The van der Waals surface area contributed by atoms with E-state index in [-0.39, 0.29) is 0 Å². The van der Waals surface area contributed by atoms with Crippen LogP contribution in [0.2, 0.25) is 0 Å². The Bertz CT molecular complexity index is 407. The fourth-order valence-corrected chi connectivity index (χ4v) is 3.31. The predicted octanol–water partition coefficient (Wildman–Crippen LogP) is 2.73. The highest BCUT2D eigenvalue weighted by atomic mass is 16.5. The summed E-state index contributed by atoms with van der Waals surface area (Å²) in [5, 5.41) is 3.69. The highest BCUT2D eigenvalue weighted by molar-refractivity contribution is 5.49. The Balaban J connectivity index is 1.67. The van der Waals surface area contributed by atoms with Crippen molar-refractivity contribution >= 4 is 5.69 Å². The molecule has 1 N–H and O–H groups in total. The Morgan fingerprint density at radius 3 is 3.17 bits per heavy atom. The standard InChI is InChI=1S/C15H22N2O/c1-2-18-13-6-3-5-12(11-13)16-14-8-10-17-9-4-7-15(14)17/h3,5-6,11,14-16H,2,4,7-10H2,1H3. The number of hydrogen-bond donors (Lipinski definition) is 1. The van der Waals surface area contributed by atoms with Gasteiger partial charge in [-0.2, -0.15) is 0 Å². The number of ether oxygens (including phenoxy) is 1. The Labute approximate surface area is 109 Å². The molecule has 2 atom stereocenters. The number of fused-ring (bicyclic) bond motifs is 1. The van der Waals surface area contributed by atoms with E-state index in [4.69, 9.17) is 4.74 Å². The van der Waals surface area contributed by atoms with Gasteiger partial charge in [-0.15, -0.1) is 0 Å². The van der Waals surface area contributed by atoms with E-state index >= 15 is 0 Å². The van der Waals surface area contributed by atoms with Crippen LogP contribution in [0.4, 0.5) is 5.69 Å². The smallest absolute Gasteiger partial charge is 0.121 e. The molecule has 3 rings (SSSR count). The molecular weight excluding hydrogens is 224 g/mol. The van der Waals surface area contributed by atoms with E-state index in [1.165, 1.54) is 38.0 Å². The van der Waals surface area contributed by atoms with Crippen molar-refractivity contribution in [1.29, 1.82) is 0 Å². The molecule has 2 unspecified atom stereocenters. The lowest BCUT2D eigenvalue weighted by molar-refractivity contribution is 0.318. The maximum atomic E-state index is 5.55. The minimum Gasteiger partial charge on any atom is -0.494 e. The molecule has 3 nitrogen and oxygen atoms in total. The summed E-state index contributed by atoms with van der Waals surface area (Å²) in [4.78, 5) is 2.63. The Kier molecular flexibility index (Phi) is 3.41. The van der Waals surface area contributed by atoms with Crippen LogP contribution in [0.25, 0.3) is 0 Å². The van der Waals surface area contributed by atoms with E-state index in [2.05, 4.69) is 28.4 Å². The van der Waals surface area contributed by atoms with Gasteiger partial charge in [-0.05, 0) is 44.9 Å². The zero-order valence-corrected chi connectivity index (χ0v) is 11.1. The number of nitrogens with zero attached hydrogens (tertiary/aromatic N) is 1. The lowest BCUT2D eigenvalue weighted by Crippen LogP contribution is -2.33. The lowest BCUT2D eigenvalue weighted by Gasteiger charge is -2.22. The third-order valence-corrected chi connectivity index (χ3v) is 4.10. The number of benzene rings is 1. The molecule has 0 aliphatic carbocycles. The van der Waals surface area contributed by atoms with Gasteiger partial charge in [0.1, 0.15) is 5.75 Å². The first-order chi connectivity index (χ1) is 8.86. The average molecular weight is 246 g/mol. The molecule has 2 saturated heterocycles. The van der Waals surface area contributed by atoms with Gasteiger partial charge in [0.15, 0.2) is 0 Å². The third-order valence-electron chi connectivity index (χ3n) is 4.10. The zero-order chi connectivity index (χ0) is 12.4. The molecular formula is C15H22N2O. The summed E-state index contributed by atoms with van der Waals surface area (Å²) in [6, 6.07) is 9.70. The molecule has 0 radical (unpaired) electrons. The van der Waals surface area contributed by atoms with Crippen molar-refractivity contribution in [3.8, 4) is 5.75 Å². The fourth-order valence-electron chi connectivity index (χ4n) is 3.31. The molecule has 1 aromatic carbocycles. The highest BCUT2D eigenvalue weighted by Crippen LogP contribution is 2.30. The minimum absolute atomic E-state index is 0.615. The molecule has 2 aliphatic heterocycles. The van der Waals surface area contributed by atoms with E-state index in [1.807, 2.05) is 13.0 Å². The molecule has 0 amide bonds. The summed E-state index contributed by atoms with van der Waals surface area (Å²) >= 11 is 0. The second kappa shape index (κ2) is 5.19. The Morgan fingerprint density at radius 1 is 1.33 bits per heavy atom. The molecule has 2 heterocycles. The van der Waals surface area contributed by atoms with Crippen LogP contribution >= 0.6 is 0 Å². The predicted molar refractivity (Wildman–Crippen MR) is 74.2 cm³/mol. The van der Waals surface area contributed by atoms with Crippen molar-refractivity contribution in [3.63, 3.8) is 0 Å². The fraction of sp³-hybridized carbons (Fsp3) is 0.600. The van der Waals surface area contributed by atoms with Crippen molar-refractivity contribution in [3.05, 3.63) is 24.3 Å². The monoisotopic (exact) mass is 246 g/mol. The van der Waals surface area contributed by atoms with Crippen molar-refractivity contribution in [2.75, 3.05) is 25.0 Å². The molecule has 18 heavy (non-hydrogen) atoms. The number of anilines is 1. The van der Waals surface area contributed by atoms with E-state index in [9.17, 15) is 0 Å². The SMILES string of the molecule is CCOc1cccc(NC2CCN3CCCC23)c1. The first kappa shape index (κ1) is 11.8. The van der Waals surface area contributed by atoms with Gasteiger partial charge in [-0.3, -0.25) is 4.90 Å². The van der Waals surface area contributed by atoms with Gasteiger partial charge >= 0.3 is 0 Å². The van der Waals surface area contributed by atoms with Crippen LogP contribution in [0, 0.1) is 0 Å². The van der Waals surface area contributed by atoms with Gasteiger partial charge in [0.2, 0.25) is 0 Å². The first-order valence-electron chi connectivity index (χ1n) is 7.10. The average Bonchev–Trinajstić information content (AvgIpc) is 2.95. The summed E-state index contributed by atoms with van der Waals surface area (Å²) < 4.78 is 5.55. The number of nitrogens with one attached hydrogen (secondary N) is 1. The zero-order valence-electron chi connectivity index (χ0n) is 11.1. The van der Waals surface area contributed by atoms with Crippen molar-refractivity contribution in [2.24, 2.45) is 0 Å². The van der Waals surface area contributed by atoms with E-state index in [0.29, 0.717) is 6.04 Å². The summed E-state index contributed by atoms with van der Waals surface area (Å²) in [6.07, 6.45) is 3.98. The first-order valence-corrected chi connectivity index (χ1v) is 7.10. The second-order valence-electron chi connectivity index (χ2n) is 5.25. The summed E-state index contributed by atoms with van der Waals surface area (Å²) in [6.45, 7) is 5.30. The van der Waals surface area contributed by atoms with Crippen molar-refractivity contribution < 1.29 is 4.74 Å². The second-order valence-corrected chi connectivity index (χ2v) is 5.25. The van der Waals surface area contributed by atoms with Crippen LogP contribution in [0.15, 0.2) is 24.3 Å². The van der Waals surface area contributed by atoms with Crippen LogP contribution in [-0.4, -0.2) is 36.7 Å². The Morgan fingerprint density at radius 2 is 2.28 bits per heavy atom. The topological polar surface area (TPSA) is 24.5 Å². The number of hydrogen-bond acceptors (Lipinski definition) is 3. The molecule has 1 aromatic rings. The lowest BCUT2D eigenvalue weighted by atomic mass is 10.1. The molecule has 2 aliphatic rings. The minimum atomic E-state index is 0.615. The largest absolute Gasteiger partial charge is 0.494 e. The highest BCUT2D eigenvalue weighted by Gasteiger charge is 2.36. The summed E-state index contributed by atoms with van der Waals surface area (Å²) in [5.74, 6) is 0.962. The normalized spacial score (nSPS) is 27.2. The summed E-state index contributed by atoms with van der Waals surface area (Å²) in [7, 11) is 0. The van der Waals surface area contributed by atoms with Crippen LogP contribution in [-0.2, 0) is 0 Å². The van der Waals surface area contributed by atoms with Crippen LogP contribution < -0.4 is 10.1 Å². The molecule has 0 saturated carbocycles. The van der Waals surface area contributed by atoms with Crippen LogP contribution in [0.1, 0.15) is 26.2 Å². The van der Waals surface area contributed by atoms with E-state index in [1.54, 1.807) is 0 Å². The van der Waals surface area contributed by atoms with Gasteiger partial charge in [0, 0.05) is 30.4 Å². The molecule has 98 valence electrons. The quantitative estimate of drug-likeness (QED) is 0.884. The molecule has 0 bridgehead atoms. The van der Waals surface area contributed by atoms with E-state index < -0.39 is 0 Å². The molecule has 0 aromatic heterocycles. The van der Waals surface area contributed by atoms with Gasteiger partial charge in [-0.1, -0.05) is 6.07 Å². The van der Waals surface area contributed by atoms with Gasteiger partial charge in [0.05, 0.1) is 6.61 Å². The number of rotatable bonds is 4. The molecule has 2 fully saturated rings. The maximum absolute atomic E-state index is 5.55. The third kappa shape index (κ3) is 2.32. The van der Waals surface area contributed by atoms with Crippen LogP contribution in [0.3, 0.4) is 0 Å². The van der Waals surface area contributed by atoms with Gasteiger partial charge < -0.3 is 10.1 Å².